The number of amides is 1. The highest BCUT2D eigenvalue weighted by Gasteiger charge is 2.15. The van der Waals surface area contributed by atoms with Crippen LogP contribution in [0.5, 0.6) is 0 Å². The molecule has 3 rings (SSSR count). The average Bonchev–Trinajstić information content (AvgIpc) is 3.05. The molecule has 2 N–H and O–H groups in total. The van der Waals surface area contributed by atoms with E-state index in [9.17, 15) is 13.2 Å². The van der Waals surface area contributed by atoms with Crippen LogP contribution in [0, 0.1) is 13.8 Å². The zero-order valence-electron chi connectivity index (χ0n) is 17.0. The van der Waals surface area contributed by atoms with Crippen LogP contribution in [-0.2, 0) is 14.8 Å². The first kappa shape index (κ1) is 21.3. The molecule has 0 aliphatic heterocycles. The first-order chi connectivity index (χ1) is 14.3. The van der Waals surface area contributed by atoms with Gasteiger partial charge < -0.3 is 9.84 Å². The third kappa shape index (κ3) is 5.15. The van der Waals surface area contributed by atoms with Crippen molar-refractivity contribution < 1.29 is 17.7 Å². The van der Waals surface area contributed by atoms with Gasteiger partial charge >= 0.3 is 0 Å². The fourth-order valence-electron chi connectivity index (χ4n) is 2.73. The quantitative estimate of drug-likeness (QED) is 0.576. The molecule has 1 heterocycles. The maximum absolute atomic E-state index is 12.6. The number of nitrogens with one attached hydrogen (secondary N) is 2. The van der Waals surface area contributed by atoms with Crippen molar-refractivity contribution in [2.75, 3.05) is 10.0 Å². The molecule has 0 saturated heterocycles. The predicted octanol–water partition coefficient (Wildman–Crippen LogP) is 4.61. The second-order valence-electron chi connectivity index (χ2n) is 6.79. The number of aryl methyl sites for hydroxylation is 2. The number of carbonyl (C=O) groups excluding carboxylic acids is 1. The SMILES string of the molecule is CCC(=O)Nc1c(C)noc1/C=C\c1ccc(S(=O)(=O)Nc2cccc(C)c2)cc1. The fraction of sp³-hybridized carbons (Fsp3) is 0.182. The van der Waals surface area contributed by atoms with E-state index >= 15 is 0 Å². The lowest BCUT2D eigenvalue weighted by Gasteiger charge is -2.09. The van der Waals surface area contributed by atoms with E-state index in [4.69, 9.17) is 4.52 Å². The third-order valence-corrected chi connectivity index (χ3v) is 5.76. The van der Waals surface area contributed by atoms with Gasteiger partial charge in [0, 0.05) is 12.1 Å². The minimum absolute atomic E-state index is 0.133. The maximum atomic E-state index is 12.6. The van der Waals surface area contributed by atoms with Gasteiger partial charge in [-0.3, -0.25) is 9.52 Å². The van der Waals surface area contributed by atoms with E-state index in [1.54, 1.807) is 56.3 Å². The van der Waals surface area contributed by atoms with E-state index in [0.717, 1.165) is 11.1 Å². The molecule has 156 valence electrons. The average molecular weight is 426 g/mol. The van der Waals surface area contributed by atoms with Crippen molar-refractivity contribution in [1.29, 1.82) is 0 Å². The van der Waals surface area contributed by atoms with Crippen LogP contribution in [0.1, 0.15) is 35.9 Å². The van der Waals surface area contributed by atoms with E-state index < -0.39 is 10.0 Å². The second kappa shape index (κ2) is 8.96. The van der Waals surface area contributed by atoms with Gasteiger partial charge in [-0.2, -0.15) is 0 Å². The smallest absolute Gasteiger partial charge is 0.261 e. The summed E-state index contributed by atoms with van der Waals surface area (Å²) in [7, 11) is -3.68. The van der Waals surface area contributed by atoms with Crippen molar-refractivity contribution in [2.45, 2.75) is 32.1 Å². The Kier molecular flexibility index (Phi) is 6.37. The van der Waals surface area contributed by atoms with Crippen LogP contribution in [0.2, 0.25) is 0 Å². The molecule has 0 aliphatic rings. The summed E-state index contributed by atoms with van der Waals surface area (Å²) in [5.74, 6) is 0.290. The Hall–Kier alpha value is -3.39. The summed E-state index contributed by atoms with van der Waals surface area (Å²) in [6, 6.07) is 13.6. The van der Waals surface area contributed by atoms with Crippen molar-refractivity contribution in [3.63, 3.8) is 0 Å². The summed E-state index contributed by atoms with van der Waals surface area (Å²) in [5.41, 5.74) is 3.36. The standard InChI is InChI=1S/C22H23N3O4S/c1-4-21(26)23-22-16(3)24-29-20(22)13-10-17-8-11-19(12-9-17)30(27,28)25-18-7-5-6-15(2)14-18/h5-14,25H,4H2,1-3H3,(H,23,26)/b13-10-. The van der Waals surface area contributed by atoms with Crippen molar-refractivity contribution in [3.8, 4) is 0 Å². The molecule has 0 unspecified atom stereocenters. The van der Waals surface area contributed by atoms with Crippen LogP contribution in [0.4, 0.5) is 11.4 Å². The molecule has 3 aromatic rings. The van der Waals surface area contributed by atoms with Crippen LogP contribution in [0.25, 0.3) is 12.2 Å². The maximum Gasteiger partial charge on any atom is 0.261 e. The first-order valence-electron chi connectivity index (χ1n) is 9.42. The summed E-state index contributed by atoms with van der Waals surface area (Å²) < 4.78 is 33.0. The highest BCUT2D eigenvalue weighted by atomic mass is 32.2. The number of carbonyl (C=O) groups is 1. The Morgan fingerprint density at radius 3 is 2.50 bits per heavy atom. The van der Waals surface area contributed by atoms with E-state index in [1.807, 2.05) is 13.0 Å². The summed E-state index contributed by atoms with van der Waals surface area (Å²) >= 11 is 0. The molecule has 1 aromatic heterocycles. The lowest BCUT2D eigenvalue weighted by Crippen LogP contribution is -2.12. The summed E-state index contributed by atoms with van der Waals surface area (Å²) in [5, 5.41) is 6.65. The molecule has 0 atom stereocenters. The Balaban J connectivity index is 1.75. The van der Waals surface area contributed by atoms with Gasteiger partial charge in [0.1, 0.15) is 11.4 Å². The molecule has 30 heavy (non-hydrogen) atoms. The largest absolute Gasteiger partial charge is 0.354 e. The molecular formula is C22H23N3O4S. The van der Waals surface area contributed by atoms with Crippen LogP contribution in [0.3, 0.4) is 0 Å². The lowest BCUT2D eigenvalue weighted by molar-refractivity contribution is -0.115. The predicted molar refractivity (Wildman–Crippen MR) is 118 cm³/mol. The molecule has 0 spiro atoms. The molecule has 0 fully saturated rings. The summed E-state index contributed by atoms with van der Waals surface area (Å²) in [4.78, 5) is 11.8. The van der Waals surface area contributed by atoms with Gasteiger partial charge in [-0.15, -0.1) is 0 Å². The molecule has 1 amide bonds. The zero-order chi connectivity index (χ0) is 21.7. The number of hydrogen-bond donors (Lipinski definition) is 2. The number of nitrogens with zero attached hydrogens (tertiary/aromatic N) is 1. The van der Waals surface area contributed by atoms with Crippen LogP contribution in [0.15, 0.2) is 57.9 Å². The van der Waals surface area contributed by atoms with E-state index in [0.29, 0.717) is 29.2 Å². The molecule has 0 radical (unpaired) electrons. The van der Waals surface area contributed by atoms with Gasteiger partial charge in [-0.05, 0) is 55.3 Å². The topological polar surface area (TPSA) is 101 Å². The highest BCUT2D eigenvalue weighted by molar-refractivity contribution is 7.92. The van der Waals surface area contributed by atoms with Crippen LogP contribution < -0.4 is 10.0 Å². The van der Waals surface area contributed by atoms with Gasteiger partial charge in [0.15, 0.2) is 5.76 Å². The van der Waals surface area contributed by atoms with Gasteiger partial charge in [-0.25, -0.2) is 8.42 Å². The molecule has 0 bridgehead atoms. The number of anilines is 2. The van der Waals surface area contributed by atoms with Crippen molar-refractivity contribution >= 4 is 39.5 Å². The monoisotopic (exact) mass is 425 g/mol. The van der Waals surface area contributed by atoms with Crippen LogP contribution >= 0.6 is 0 Å². The van der Waals surface area contributed by atoms with E-state index in [1.165, 1.54) is 12.1 Å². The third-order valence-electron chi connectivity index (χ3n) is 4.36. The molecule has 0 aliphatic carbocycles. The molecular weight excluding hydrogens is 402 g/mol. The van der Waals surface area contributed by atoms with Crippen molar-refractivity contribution in [3.05, 3.63) is 71.1 Å². The van der Waals surface area contributed by atoms with E-state index in [-0.39, 0.29) is 10.8 Å². The van der Waals surface area contributed by atoms with Gasteiger partial charge in [0.25, 0.3) is 10.0 Å². The second-order valence-corrected chi connectivity index (χ2v) is 8.47. The molecule has 0 saturated carbocycles. The first-order valence-corrected chi connectivity index (χ1v) is 10.9. The molecule has 7 nitrogen and oxygen atoms in total. The van der Waals surface area contributed by atoms with Gasteiger partial charge in [0.05, 0.1) is 4.90 Å². The number of sulfonamides is 1. The zero-order valence-corrected chi connectivity index (χ0v) is 17.8. The van der Waals surface area contributed by atoms with Gasteiger partial charge in [0.2, 0.25) is 5.91 Å². The highest BCUT2D eigenvalue weighted by Crippen LogP contribution is 2.23. The minimum atomic E-state index is -3.68. The lowest BCUT2D eigenvalue weighted by atomic mass is 10.2. The summed E-state index contributed by atoms with van der Waals surface area (Å²) in [6.07, 6.45) is 3.78. The Labute approximate surface area is 175 Å². The number of rotatable bonds is 7. The van der Waals surface area contributed by atoms with Gasteiger partial charge in [-0.1, -0.05) is 42.4 Å². The van der Waals surface area contributed by atoms with E-state index in [2.05, 4.69) is 15.2 Å². The number of benzene rings is 2. The Morgan fingerprint density at radius 1 is 1.10 bits per heavy atom. The van der Waals surface area contributed by atoms with Crippen molar-refractivity contribution in [2.24, 2.45) is 0 Å². The number of aromatic nitrogens is 1. The summed E-state index contributed by atoms with van der Waals surface area (Å²) in [6.45, 7) is 5.40. The molecule has 8 heteroatoms. The Morgan fingerprint density at radius 2 is 1.83 bits per heavy atom. The Bertz CT molecular complexity index is 1180. The minimum Gasteiger partial charge on any atom is -0.354 e. The van der Waals surface area contributed by atoms with Crippen molar-refractivity contribution in [1.82, 2.24) is 5.16 Å². The fourth-order valence-corrected chi connectivity index (χ4v) is 3.78. The number of hydrogen-bond acceptors (Lipinski definition) is 5. The normalized spacial score (nSPS) is 11.6. The van der Waals surface area contributed by atoms with Crippen LogP contribution in [-0.4, -0.2) is 19.5 Å². The molecule has 2 aromatic carbocycles.